The SMILES string of the molecule is COc1c(S)ccc(I)c1C#N. The topological polar surface area (TPSA) is 33.0 Å². The Balaban J connectivity index is 3.41. The van der Waals surface area contributed by atoms with Crippen molar-refractivity contribution in [3.63, 3.8) is 0 Å². The van der Waals surface area contributed by atoms with Gasteiger partial charge in [0, 0.05) is 8.47 Å². The van der Waals surface area contributed by atoms with Crippen molar-refractivity contribution in [3.05, 3.63) is 21.3 Å². The summed E-state index contributed by atoms with van der Waals surface area (Å²) in [6, 6.07) is 5.72. The van der Waals surface area contributed by atoms with Gasteiger partial charge in [0.2, 0.25) is 0 Å². The molecule has 4 heteroatoms. The van der Waals surface area contributed by atoms with Crippen LogP contribution < -0.4 is 4.74 Å². The lowest BCUT2D eigenvalue weighted by Crippen LogP contribution is -1.91. The zero-order chi connectivity index (χ0) is 9.14. The first-order valence-electron chi connectivity index (χ1n) is 3.16. The summed E-state index contributed by atoms with van der Waals surface area (Å²) < 4.78 is 5.92. The second-order valence-electron chi connectivity index (χ2n) is 2.09. The number of rotatable bonds is 1. The molecule has 0 N–H and O–H groups in total. The molecule has 0 unspecified atom stereocenters. The highest BCUT2D eigenvalue weighted by Gasteiger charge is 2.09. The molecule has 2 nitrogen and oxygen atoms in total. The highest BCUT2D eigenvalue weighted by atomic mass is 127. The van der Waals surface area contributed by atoms with E-state index in [1.165, 1.54) is 7.11 Å². The lowest BCUT2D eigenvalue weighted by molar-refractivity contribution is 0.403. The fourth-order valence-corrected chi connectivity index (χ4v) is 1.68. The van der Waals surface area contributed by atoms with Gasteiger partial charge >= 0.3 is 0 Å². The minimum atomic E-state index is 0.547. The highest BCUT2D eigenvalue weighted by molar-refractivity contribution is 14.1. The molecule has 1 aromatic rings. The Kier molecular flexibility index (Phi) is 3.23. The van der Waals surface area contributed by atoms with Crippen LogP contribution in [0, 0.1) is 14.9 Å². The van der Waals surface area contributed by atoms with E-state index in [9.17, 15) is 0 Å². The number of halogens is 1. The van der Waals surface area contributed by atoms with Crippen LogP contribution in [-0.4, -0.2) is 7.11 Å². The molecule has 0 radical (unpaired) electrons. The van der Waals surface area contributed by atoms with Crippen molar-refractivity contribution in [1.29, 1.82) is 5.26 Å². The number of nitriles is 1. The molecule has 0 saturated carbocycles. The molecular formula is C8H6INOS. The van der Waals surface area contributed by atoms with E-state index in [1.54, 1.807) is 0 Å². The average Bonchev–Trinajstić information content (AvgIpc) is 2.08. The molecule has 0 aliphatic rings. The van der Waals surface area contributed by atoms with Crippen molar-refractivity contribution in [3.8, 4) is 11.8 Å². The first-order valence-corrected chi connectivity index (χ1v) is 4.69. The van der Waals surface area contributed by atoms with Crippen LogP contribution in [0.1, 0.15) is 5.56 Å². The molecule has 0 saturated heterocycles. The number of thiol groups is 1. The molecule has 0 spiro atoms. The van der Waals surface area contributed by atoms with E-state index in [4.69, 9.17) is 10.00 Å². The largest absolute Gasteiger partial charge is 0.494 e. The van der Waals surface area contributed by atoms with Crippen molar-refractivity contribution >= 4 is 35.2 Å². The van der Waals surface area contributed by atoms with E-state index in [-0.39, 0.29) is 0 Å². The van der Waals surface area contributed by atoms with Gasteiger partial charge in [0.25, 0.3) is 0 Å². The summed E-state index contributed by atoms with van der Waals surface area (Å²) in [5, 5.41) is 8.79. The molecule has 0 bridgehead atoms. The Labute approximate surface area is 90.1 Å². The number of nitrogens with zero attached hydrogens (tertiary/aromatic N) is 1. The van der Waals surface area contributed by atoms with Gasteiger partial charge < -0.3 is 4.74 Å². The van der Waals surface area contributed by atoms with Crippen LogP contribution in [0.4, 0.5) is 0 Å². The fraction of sp³-hybridized carbons (Fsp3) is 0.125. The number of hydrogen-bond acceptors (Lipinski definition) is 3. The quantitative estimate of drug-likeness (QED) is 0.637. The van der Waals surface area contributed by atoms with Crippen molar-refractivity contribution in [2.45, 2.75) is 4.90 Å². The summed E-state index contributed by atoms with van der Waals surface area (Å²) in [7, 11) is 1.53. The van der Waals surface area contributed by atoms with Gasteiger partial charge in [-0.15, -0.1) is 12.6 Å². The molecule has 1 aromatic carbocycles. The van der Waals surface area contributed by atoms with E-state index in [2.05, 4.69) is 41.3 Å². The summed E-state index contributed by atoms with van der Waals surface area (Å²) >= 11 is 6.26. The molecule has 0 fully saturated rings. The minimum absolute atomic E-state index is 0.547. The second kappa shape index (κ2) is 4.01. The molecule has 62 valence electrons. The summed E-state index contributed by atoms with van der Waals surface area (Å²) in [6.07, 6.45) is 0. The summed E-state index contributed by atoms with van der Waals surface area (Å²) in [4.78, 5) is 0.689. The third kappa shape index (κ3) is 1.67. The van der Waals surface area contributed by atoms with Gasteiger partial charge in [-0.2, -0.15) is 5.26 Å². The minimum Gasteiger partial charge on any atom is -0.494 e. The van der Waals surface area contributed by atoms with Crippen LogP contribution in [-0.2, 0) is 0 Å². The van der Waals surface area contributed by atoms with Gasteiger partial charge in [-0.1, -0.05) is 0 Å². The van der Waals surface area contributed by atoms with Crippen LogP contribution in [0.15, 0.2) is 17.0 Å². The smallest absolute Gasteiger partial charge is 0.150 e. The van der Waals surface area contributed by atoms with Crippen molar-refractivity contribution in [2.24, 2.45) is 0 Å². The standard InChI is InChI=1S/C8H6INOS/c1-11-8-5(4-10)6(9)2-3-7(8)12/h2-3,12H,1H3. The third-order valence-corrected chi connectivity index (χ3v) is 2.65. The maximum Gasteiger partial charge on any atom is 0.150 e. The van der Waals surface area contributed by atoms with Gasteiger partial charge in [0.05, 0.1) is 7.11 Å². The molecular weight excluding hydrogens is 285 g/mol. The maximum atomic E-state index is 8.79. The molecule has 0 heterocycles. The van der Waals surface area contributed by atoms with Crippen molar-refractivity contribution in [1.82, 2.24) is 0 Å². The van der Waals surface area contributed by atoms with Gasteiger partial charge in [-0.3, -0.25) is 0 Å². The van der Waals surface area contributed by atoms with Gasteiger partial charge in [0.1, 0.15) is 11.6 Å². The van der Waals surface area contributed by atoms with E-state index >= 15 is 0 Å². The zero-order valence-corrected chi connectivity index (χ0v) is 9.39. The summed E-state index contributed by atoms with van der Waals surface area (Å²) in [6.45, 7) is 0. The summed E-state index contributed by atoms with van der Waals surface area (Å²) in [5.41, 5.74) is 0.547. The Hall–Kier alpha value is -0.410. The van der Waals surface area contributed by atoms with Gasteiger partial charge in [-0.05, 0) is 34.7 Å². The molecule has 12 heavy (non-hydrogen) atoms. The molecule has 0 atom stereocenters. The van der Waals surface area contributed by atoms with Crippen LogP contribution in [0.3, 0.4) is 0 Å². The number of benzene rings is 1. The van der Waals surface area contributed by atoms with Crippen molar-refractivity contribution in [2.75, 3.05) is 7.11 Å². The predicted molar refractivity (Wildman–Crippen MR) is 57.7 cm³/mol. The van der Waals surface area contributed by atoms with Crippen molar-refractivity contribution < 1.29 is 4.74 Å². The number of hydrogen-bond donors (Lipinski definition) is 1. The zero-order valence-electron chi connectivity index (χ0n) is 6.34. The van der Waals surface area contributed by atoms with Crippen LogP contribution in [0.5, 0.6) is 5.75 Å². The monoisotopic (exact) mass is 291 g/mol. The lowest BCUT2D eigenvalue weighted by Gasteiger charge is -2.06. The average molecular weight is 291 g/mol. The number of methoxy groups -OCH3 is 1. The Morgan fingerprint density at radius 3 is 2.67 bits per heavy atom. The first-order chi connectivity index (χ1) is 5.70. The van der Waals surface area contributed by atoms with E-state index in [1.807, 2.05) is 12.1 Å². The molecule has 0 aliphatic carbocycles. The number of ether oxygens (including phenoxy) is 1. The lowest BCUT2D eigenvalue weighted by atomic mass is 10.2. The highest BCUT2D eigenvalue weighted by Crippen LogP contribution is 2.29. The Morgan fingerprint density at radius 1 is 1.58 bits per heavy atom. The Morgan fingerprint density at radius 2 is 2.25 bits per heavy atom. The predicted octanol–water partition coefficient (Wildman–Crippen LogP) is 2.46. The Bertz CT molecular complexity index is 346. The van der Waals surface area contributed by atoms with E-state index < -0.39 is 0 Å². The van der Waals surface area contributed by atoms with E-state index in [0.717, 1.165) is 3.57 Å². The third-order valence-electron chi connectivity index (χ3n) is 1.40. The van der Waals surface area contributed by atoms with E-state index in [0.29, 0.717) is 16.2 Å². The van der Waals surface area contributed by atoms with Crippen LogP contribution in [0.25, 0.3) is 0 Å². The maximum absolute atomic E-state index is 8.79. The molecule has 0 aliphatic heterocycles. The normalized spacial score (nSPS) is 9.17. The molecule has 1 rings (SSSR count). The summed E-state index contributed by atoms with van der Waals surface area (Å²) in [5.74, 6) is 0.549. The van der Waals surface area contributed by atoms with Gasteiger partial charge in [0.15, 0.2) is 5.75 Å². The molecule has 0 amide bonds. The first kappa shape index (κ1) is 9.68. The van der Waals surface area contributed by atoms with Crippen LogP contribution >= 0.6 is 35.2 Å². The molecule has 0 aromatic heterocycles. The fourth-order valence-electron chi connectivity index (χ4n) is 0.858. The van der Waals surface area contributed by atoms with Gasteiger partial charge in [-0.25, -0.2) is 0 Å². The van der Waals surface area contributed by atoms with Crippen LogP contribution in [0.2, 0.25) is 0 Å². The second-order valence-corrected chi connectivity index (χ2v) is 3.73.